The largest absolute Gasteiger partial charge is 0.380 e. The van der Waals surface area contributed by atoms with Crippen LogP contribution >= 0.6 is 0 Å². The van der Waals surface area contributed by atoms with Crippen molar-refractivity contribution in [2.75, 3.05) is 17.2 Å². The number of anilines is 2. The Balaban J connectivity index is 1.94. The average Bonchev–Trinajstić information content (AvgIpc) is 2.53. The van der Waals surface area contributed by atoms with Crippen LogP contribution in [0.5, 0.6) is 0 Å². The number of carbonyl (C=O) groups excluding carboxylic acids is 1. The van der Waals surface area contributed by atoms with Gasteiger partial charge in [-0.25, -0.2) is 18.5 Å². The van der Waals surface area contributed by atoms with Gasteiger partial charge in [0.05, 0.1) is 23.3 Å². The molecule has 0 aliphatic heterocycles. The van der Waals surface area contributed by atoms with Crippen molar-refractivity contribution < 1.29 is 13.2 Å². The molecule has 1 aromatic heterocycles. The molecule has 0 fully saturated rings. The highest BCUT2D eigenvalue weighted by molar-refractivity contribution is 7.89. The van der Waals surface area contributed by atoms with Crippen LogP contribution in [0.3, 0.4) is 0 Å². The first-order valence-electron chi connectivity index (χ1n) is 6.70. The summed E-state index contributed by atoms with van der Waals surface area (Å²) in [6.07, 6.45) is 1.57. The van der Waals surface area contributed by atoms with E-state index in [1.165, 1.54) is 12.1 Å². The second kappa shape index (κ2) is 7.18. The van der Waals surface area contributed by atoms with Gasteiger partial charge in [0.2, 0.25) is 15.9 Å². The summed E-state index contributed by atoms with van der Waals surface area (Å²) in [5.74, 6) is 0.108. The fraction of sp³-hybridized carbons (Fsp3) is 0.143. The molecule has 2 aromatic rings. The molecule has 6 N–H and O–H groups in total. The number of aromatic nitrogens is 1. The van der Waals surface area contributed by atoms with E-state index < -0.39 is 10.0 Å². The van der Waals surface area contributed by atoms with Gasteiger partial charge in [0.15, 0.2) is 0 Å². The molecule has 2 rings (SSSR count). The molecule has 0 spiro atoms. The highest BCUT2D eigenvalue weighted by Crippen LogP contribution is 2.13. The summed E-state index contributed by atoms with van der Waals surface area (Å²) in [5.41, 5.74) is 6.84. The molecule has 0 aliphatic rings. The number of hydrogen-bond donors (Lipinski definition) is 4. The van der Waals surface area contributed by atoms with Crippen molar-refractivity contribution in [2.45, 2.75) is 11.4 Å². The number of nitrogens with one attached hydrogen (secondary N) is 2. The Hall–Kier alpha value is -2.49. The molecule has 0 saturated heterocycles. The zero-order valence-electron chi connectivity index (χ0n) is 12.2. The van der Waals surface area contributed by atoms with E-state index in [-0.39, 0.29) is 17.3 Å². The van der Waals surface area contributed by atoms with E-state index in [1.807, 2.05) is 0 Å². The van der Waals surface area contributed by atoms with Gasteiger partial charge < -0.3 is 16.4 Å². The zero-order chi connectivity index (χ0) is 16.9. The molecule has 0 unspecified atom stereocenters. The zero-order valence-corrected chi connectivity index (χ0v) is 13.0. The van der Waals surface area contributed by atoms with Crippen LogP contribution in [0, 0.1) is 0 Å². The molecule has 0 bridgehead atoms. The van der Waals surface area contributed by atoms with Crippen molar-refractivity contribution in [3.8, 4) is 0 Å². The predicted molar refractivity (Wildman–Crippen MR) is 87.1 cm³/mol. The maximum absolute atomic E-state index is 11.2. The second-order valence-electron chi connectivity index (χ2n) is 4.73. The van der Waals surface area contributed by atoms with Gasteiger partial charge in [0.25, 0.3) is 0 Å². The summed E-state index contributed by atoms with van der Waals surface area (Å²) in [7, 11) is -3.68. The number of sulfonamides is 1. The maximum Gasteiger partial charge on any atom is 0.239 e. The van der Waals surface area contributed by atoms with E-state index in [4.69, 9.17) is 10.9 Å². The molecule has 1 amide bonds. The monoisotopic (exact) mass is 335 g/mol. The molecular formula is C14H17N5O3S. The minimum atomic E-state index is -3.68. The van der Waals surface area contributed by atoms with Crippen molar-refractivity contribution in [2.24, 2.45) is 10.9 Å². The van der Waals surface area contributed by atoms with Crippen molar-refractivity contribution in [1.29, 1.82) is 0 Å². The first-order valence-corrected chi connectivity index (χ1v) is 8.25. The number of benzene rings is 1. The number of nitrogens with two attached hydrogens (primary N) is 2. The van der Waals surface area contributed by atoms with Crippen LogP contribution in [0.4, 0.5) is 11.5 Å². The van der Waals surface area contributed by atoms with E-state index in [2.05, 4.69) is 15.6 Å². The molecule has 0 saturated carbocycles. The Morgan fingerprint density at radius 3 is 2.35 bits per heavy atom. The minimum Gasteiger partial charge on any atom is -0.380 e. The van der Waals surface area contributed by atoms with E-state index >= 15 is 0 Å². The predicted octanol–water partition coefficient (Wildman–Crippen LogP) is 0.238. The number of rotatable bonds is 6. The van der Waals surface area contributed by atoms with Gasteiger partial charge >= 0.3 is 0 Å². The molecule has 1 aromatic carbocycles. The molecule has 8 nitrogen and oxygen atoms in total. The summed E-state index contributed by atoms with van der Waals surface area (Å²) in [5, 5.41) is 10.7. The number of nitrogens with zero attached hydrogens (tertiary/aromatic N) is 1. The van der Waals surface area contributed by atoms with Crippen LogP contribution in [0.1, 0.15) is 5.56 Å². The van der Waals surface area contributed by atoms with Crippen molar-refractivity contribution in [3.63, 3.8) is 0 Å². The Labute approximate surface area is 134 Å². The third-order valence-electron chi connectivity index (χ3n) is 2.96. The summed E-state index contributed by atoms with van der Waals surface area (Å²) in [6.45, 7) is 0.386. The summed E-state index contributed by atoms with van der Waals surface area (Å²) >= 11 is 0. The topological polar surface area (TPSA) is 140 Å². The minimum absolute atomic E-state index is 0.0721. The molecule has 9 heteroatoms. The van der Waals surface area contributed by atoms with Crippen LogP contribution in [-0.4, -0.2) is 25.9 Å². The summed E-state index contributed by atoms with van der Waals surface area (Å²) in [4.78, 5) is 15.3. The fourth-order valence-corrected chi connectivity index (χ4v) is 2.28. The molecule has 0 radical (unpaired) electrons. The normalized spacial score (nSPS) is 11.0. The highest BCUT2D eigenvalue weighted by Gasteiger charge is 2.06. The van der Waals surface area contributed by atoms with E-state index in [1.54, 1.807) is 30.5 Å². The van der Waals surface area contributed by atoms with Crippen LogP contribution in [0.25, 0.3) is 0 Å². The van der Waals surface area contributed by atoms with Crippen molar-refractivity contribution >= 4 is 27.4 Å². The van der Waals surface area contributed by atoms with Gasteiger partial charge in [-0.15, -0.1) is 0 Å². The lowest BCUT2D eigenvalue weighted by Gasteiger charge is -2.08. The summed E-state index contributed by atoms with van der Waals surface area (Å²) in [6, 6.07) is 9.68. The van der Waals surface area contributed by atoms with Crippen LogP contribution in [0.15, 0.2) is 47.5 Å². The lowest BCUT2D eigenvalue weighted by Crippen LogP contribution is -2.22. The molecule has 1 heterocycles. The lowest BCUT2D eigenvalue weighted by atomic mass is 10.2. The number of hydrogen-bond acceptors (Lipinski definition) is 6. The first-order chi connectivity index (χ1) is 10.9. The first kappa shape index (κ1) is 16.9. The van der Waals surface area contributed by atoms with E-state index in [0.717, 1.165) is 11.3 Å². The number of carbonyl (C=O) groups is 1. The quantitative estimate of drug-likeness (QED) is 0.596. The summed E-state index contributed by atoms with van der Waals surface area (Å²) < 4.78 is 22.3. The van der Waals surface area contributed by atoms with E-state index in [9.17, 15) is 13.2 Å². The number of primary sulfonamides is 1. The second-order valence-corrected chi connectivity index (χ2v) is 6.29. The van der Waals surface area contributed by atoms with Crippen LogP contribution < -0.4 is 21.5 Å². The highest BCUT2D eigenvalue weighted by atomic mass is 32.2. The Morgan fingerprint density at radius 1 is 1.13 bits per heavy atom. The molecular weight excluding hydrogens is 318 g/mol. The Morgan fingerprint density at radius 2 is 1.83 bits per heavy atom. The third kappa shape index (κ3) is 5.02. The smallest absolute Gasteiger partial charge is 0.239 e. The molecule has 0 aliphatic carbocycles. The van der Waals surface area contributed by atoms with Gasteiger partial charge in [0.1, 0.15) is 5.82 Å². The lowest BCUT2D eigenvalue weighted by molar-refractivity contribution is -0.114. The standard InChI is InChI=1S/C14H17N5O3S/c15-7-14(20)19-13-6-3-11(9-18-13)17-8-10-1-4-12(5-2-10)23(16,21)22/h1-6,9,17H,7-8,15H2,(H2,16,21,22)(H,18,19,20). The van der Waals surface area contributed by atoms with Gasteiger partial charge in [-0.3, -0.25) is 4.79 Å². The van der Waals surface area contributed by atoms with Crippen molar-refractivity contribution in [1.82, 2.24) is 4.98 Å². The number of amides is 1. The van der Waals surface area contributed by atoms with Crippen LogP contribution in [-0.2, 0) is 21.4 Å². The molecule has 0 atom stereocenters. The van der Waals surface area contributed by atoms with Gasteiger partial charge in [0, 0.05) is 6.54 Å². The Kier molecular flexibility index (Phi) is 5.27. The fourth-order valence-electron chi connectivity index (χ4n) is 1.77. The van der Waals surface area contributed by atoms with E-state index in [0.29, 0.717) is 12.4 Å². The third-order valence-corrected chi connectivity index (χ3v) is 3.89. The SMILES string of the molecule is NCC(=O)Nc1ccc(NCc2ccc(S(N)(=O)=O)cc2)cn1. The average molecular weight is 335 g/mol. The van der Waals surface area contributed by atoms with Gasteiger partial charge in [-0.1, -0.05) is 12.1 Å². The Bertz CT molecular complexity index is 773. The van der Waals surface area contributed by atoms with Crippen LogP contribution in [0.2, 0.25) is 0 Å². The van der Waals surface area contributed by atoms with Gasteiger partial charge in [-0.05, 0) is 29.8 Å². The maximum atomic E-state index is 11.2. The molecule has 23 heavy (non-hydrogen) atoms. The molecule has 122 valence electrons. The number of pyridine rings is 1. The van der Waals surface area contributed by atoms with Gasteiger partial charge in [-0.2, -0.15) is 0 Å². The van der Waals surface area contributed by atoms with Crippen molar-refractivity contribution in [3.05, 3.63) is 48.2 Å².